The number of carbonyl (C=O) groups is 3. The van der Waals surface area contributed by atoms with Gasteiger partial charge < -0.3 is 9.64 Å². The molecule has 1 fully saturated rings. The number of nitrogens with zero attached hydrogens (tertiary/aromatic N) is 2. The van der Waals surface area contributed by atoms with Crippen molar-refractivity contribution in [2.45, 2.75) is 39.3 Å². The van der Waals surface area contributed by atoms with E-state index in [0.717, 1.165) is 33.5 Å². The molecule has 0 N–H and O–H groups in total. The number of benzene rings is 1. The molecule has 0 aliphatic carbocycles. The number of hydrogen-bond acceptors (Lipinski definition) is 6. The molecule has 3 rings (SSSR count). The number of methoxy groups -OCH3 is 1. The summed E-state index contributed by atoms with van der Waals surface area (Å²) in [6.45, 7) is 7.75. The summed E-state index contributed by atoms with van der Waals surface area (Å²) in [5, 5.41) is -0.0280. The summed E-state index contributed by atoms with van der Waals surface area (Å²) >= 11 is 7.30. The number of carbonyl (C=O) groups excluding carboxylic acids is 3. The molecule has 29 heavy (non-hydrogen) atoms. The molecule has 1 aromatic carbocycles. The van der Waals surface area contributed by atoms with Crippen molar-refractivity contribution >= 4 is 57.8 Å². The van der Waals surface area contributed by atoms with Gasteiger partial charge in [-0.15, -0.1) is 0 Å². The van der Waals surface area contributed by atoms with Crippen LogP contribution in [0.2, 0.25) is 5.02 Å². The molecule has 0 saturated carbocycles. The minimum absolute atomic E-state index is 0.144. The first-order valence-electron chi connectivity index (χ1n) is 9.10. The average molecular weight is 435 g/mol. The first kappa shape index (κ1) is 21.5. The summed E-state index contributed by atoms with van der Waals surface area (Å²) in [6, 6.07) is 2.81. The van der Waals surface area contributed by atoms with E-state index in [1.54, 1.807) is 6.08 Å². The highest BCUT2D eigenvalue weighted by Gasteiger charge is 2.41. The summed E-state index contributed by atoms with van der Waals surface area (Å²) in [4.78, 5) is 40.1. The lowest BCUT2D eigenvalue weighted by Crippen LogP contribution is -2.42. The number of imide groups is 1. The first-order valence-corrected chi connectivity index (χ1v) is 10.3. The van der Waals surface area contributed by atoms with Gasteiger partial charge in [0.25, 0.3) is 11.1 Å². The van der Waals surface area contributed by atoms with Crippen LogP contribution in [-0.2, 0) is 14.3 Å². The SMILES string of the molecule is COC(=O)C(C)N1C(=O)S/C(=C\c2cc3c(cc2Cl)N(C)C(C)(C)C=C3C)C1=O. The Morgan fingerprint density at radius 3 is 2.59 bits per heavy atom. The van der Waals surface area contributed by atoms with E-state index in [2.05, 4.69) is 29.6 Å². The summed E-state index contributed by atoms with van der Waals surface area (Å²) in [6.07, 6.45) is 3.78. The molecule has 154 valence electrons. The van der Waals surface area contributed by atoms with Crippen molar-refractivity contribution < 1.29 is 19.1 Å². The van der Waals surface area contributed by atoms with Crippen molar-refractivity contribution in [3.63, 3.8) is 0 Å². The number of allylic oxidation sites excluding steroid dienone is 1. The van der Waals surface area contributed by atoms with Gasteiger partial charge in [0.1, 0.15) is 6.04 Å². The van der Waals surface area contributed by atoms with E-state index in [-0.39, 0.29) is 10.4 Å². The fourth-order valence-corrected chi connectivity index (χ4v) is 4.64. The molecule has 0 radical (unpaired) electrons. The number of fused-ring (bicyclic) bond motifs is 1. The van der Waals surface area contributed by atoms with Crippen molar-refractivity contribution in [2.75, 3.05) is 19.1 Å². The summed E-state index contributed by atoms with van der Waals surface area (Å²) in [5.74, 6) is -1.18. The molecule has 1 aromatic rings. The van der Waals surface area contributed by atoms with Crippen LogP contribution in [0.3, 0.4) is 0 Å². The van der Waals surface area contributed by atoms with Gasteiger partial charge in [0.15, 0.2) is 0 Å². The normalized spacial score (nSPS) is 20.7. The molecule has 8 heteroatoms. The number of thioether (sulfide) groups is 1. The van der Waals surface area contributed by atoms with E-state index in [0.29, 0.717) is 10.6 Å². The quantitative estimate of drug-likeness (QED) is 0.512. The van der Waals surface area contributed by atoms with Crippen molar-refractivity contribution in [3.8, 4) is 0 Å². The van der Waals surface area contributed by atoms with Crippen LogP contribution >= 0.6 is 23.4 Å². The molecule has 2 amide bonds. The van der Waals surface area contributed by atoms with E-state index in [1.807, 2.05) is 26.1 Å². The Morgan fingerprint density at radius 1 is 1.31 bits per heavy atom. The molecule has 0 aromatic heterocycles. The van der Waals surface area contributed by atoms with E-state index in [1.165, 1.54) is 14.0 Å². The van der Waals surface area contributed by atoms with E-state index in [9.17, 15) is 14.4 Å². The number of rotatable bonds is 3. The molecule has 0 spiro atoms. The molecule has 1 unspecified atom stereocenters. The van der Waals surface area contributed by atoms with E-state index >= 15 is 0 Å². The van der Waals surface area contributed by atoms with Crippen molar-refractivity contribution in [1.29, 1.82) is 0 Å². The standard InChI is InChI=1S/C21H23ClN2O4S/c1-11-10-21(3,4)23(5)16-9-15(22)13(7-14(11)16)8-17-18(25)24(20(27)29-17)12(2)19(26)28-6/h7-10,12H,1-6H3/b17-8-. The monoisotopic (exact) mass is 434 g/mol. The Balaban J connectivity index is 2.00. The highest BCUT2D eigenvalue weighted by molar-refractivity contribution is 8.18. The Morgan fingerprint density at radius 2 is 1.97 bits per heavy atom. The third-order valence-electron chi connectivity index (χ3n) is 5.38. The van der Waals surface area contributed by atoms with Crippen LogP contribution in [0.5, 0.6) is 0 Å². The van der Waals surface area contributed by atoms with Gasteiger partial charge in [-0.2, -0.15) is 0 Å². The van der Waals surface area contributed by atoms with Crippen LogP contribution in [0.1, 0.15) is 38.8 Å². The van der Waals surface area contributed by atoms with Crippen molar-refractivity contribution in [3.05, 3.63) is 39.3 Å². The zero-order chi connectivity index (χ0) is 21.7. The number of likely N-dealkylation sites (N-methyl/N-ethyl adjacent to an activating group) is 1. The van der Waals surface area contributed by atoms with Gasteiger partial charge in [-0.25, -0.2) is 4.79 Å². The fourth-order valence-electron chi connectivity index (χ4n) is 3.53. The molecule has 0 bridgehead atoms. The predicted octanol–water partition coefficient (Wildman–Crippen LogP) is 4.57. The van der Waals surface area contributed by atoms with Crippen LogP contribution in [0, 0.1) is 0 Å². The molecule has 2 aliphatic rings. The number of anilines is 1. The number of ether oxygens (including phenoxy) is 1. The third kappa shape index (κ3) is 3.69. The van der Waals surface area contributed by atoms with Gasteiger partial charge in [0.05, 0.1) is 17.6 Å². The maximum absolute atomic E-state index is 12.7. The second-order valence-electron chi connectivity index (χ2n) is 7.68. The Bertz CT molecular complexity index is 983. The fraction of sp³-hybridized carbons (Fsp3) is 0.381. The molecular weight excluding hydrogens is 412 g/mol. The van der Waals surface area contributed by atoms with Gasteiger partial charge in [-0.05, 0) is 68.8 Å². The van der Waals surface area contributed by atoms with Crippen LogP contribution in [-0.4, -0.2) is 47.8 Å². The Hall–Kier alpha value is -2.25. The summed E-state index contributed by atoms with van der Waals surface area (Å²) < 4.78 is 4.65. The Kier molecular flexibility index (Phi) is 5.58. The second-order valence-corrected chi connectivity index (χ2v) is 9.08. The van der Waals surface area contributed by atoms with Crippen LogP contribution in [0.25, 0.3) is 11.6 Å². The Labute approximate surface area is 179 Å². The highest BCUT2D eigenvalue weighted by atomic mass is 35.5. The molecule has 6 nitrogen and oxygen atoms in total. The smallest absolute Gasteiger partial charge is 0.328 e. The van der Waals surface area contributed by atoms with Gasteiger partial charge >= 0.3 is 5.97 Å². The van der Waals surface area contributed by atoms with Gasteiger partial charge in [0, 0.05) is 23.3 Å². The average Bonchev–Trinajstić information content (AvgIpc) is 2.92. The van der Waals surface area contributed by atoms with Crippen molar-refractivity contribution in [1.82, 2.24) is 4.90 Å². The summed E-state index contributed by atoms with van der Waals surface area (Å²) in [5.41, 5.74) is 3.63. The van der Waals surface area contributed by atoms with Crippen LogP contribution < -0.4 is 4.90 Å². The lowest BCUT2D eigenvalue weighted by molar-refractivity contribution is -0.148. The minimum Gasteiger partial charge on any atom is -0.467 e. The lowest BCUT2D eigenvalue weighted by atomic mass is 9.88. The van der Waals surface area contributed by atoms with Gasteiger partial charge in [-0.3, -0.25) is 14.5 Å². The van der Waals surface area contributed by atoms with Crippen molar-refractivity contribution in [2.24, 2.45) is 0 Å². The topological polar surface area (TPSA) is 66.9 Å². The number of hydrogen-bond donors (Lipinski definition) is 0. The third-order valence-corrected chi connectivity index (χ3v) is 6.59. The molecule has 1 saturated heterocycles. The zero-order valence-corrected chi connectivity index (χ0v) is 18.8. The van der Waals surface area contributed by atoms with E-state index in [4.69, 9.17) is 11.6 Å². The zero-order valence-electron chi connectivity index (χ0n) is 17.2. The molecule has 1 atom stereocenters. The van der Waals surface area contributed by atoms with Gasteiger partial charge in [0.2, 0.25) is 0 Å². The largest absolute Gasteiger partial charge is 0.467 e. The lowest BCUT2D eigenvalue weighted by Gasteiger charge is -2.40. The number of amides is 2. The maximum atomic E-state index is 12.7. The first-order chi connectivity index (χ1) is 13.5. The predicted molar refractivity (Wildman–Crippen MR) is 117 cm³/mol. The highest BCUT2D eigenvalue weighted by Crippen LogP contribution is 2.42. The van der Waals surface area contributed by atoms with E-state index < -0.39 is 23.2 Å². The van der Waals surface area contributed by atoms with Crippen LogP contribution in [0.15, 0.2) is 23.1 Å². The molecule has 2 heterocycles. The second kappa shape index (κ2) is 7.54. The maximum Gasteiger partial charge on any atom is 0.328 e. The molecular formula is C21H23ClN2O4S. The summed E-state index contributed by atoms with van der Waals surface area (Å²) in [7, 11) is 3.23. The van der Waals surface area contributed by atoms with Crippen LogP contribution in [0.4, 0.5) is 10.5 Å². The number of esters is 1. The number of halogens is 1. The van der Waals surface area contributed by atoms with Gasteiger partial charge in [-0.1, -0.05) is 17.7 Å². The minimum atomic E-state index is -0.988. The molecule has 2 aliphatic heterocycles.